The van der Waals surface area contributed by atoms with Crippen LogP contribution in [0.1, 0.15) is 12.8 Å². The second-order valence-corrected chi connectivity index (χ2v) is 4.00. The van der Waals surface area contributed by atoms with E-state index in [-0.39, 0.29) is 6.04 Å². The summed E-state index contributed by atoms with van der Waals surface area (Å²) >= 11 is 0. The van der Waals surface area contributed by atoms with Gasteiger partial charge in [-0.1, -0.05) is 0 Å². The lowest BCUT2D eigenvalue weighted by Crippen LogP contribution is -2.41. The van der Waals surface area contributed by atoms with Gasteiger partial charge >= 0.3 is 0 Å². The highest BCUT2D eigenvalue weighted by molar-refractivity contribution is 4.76. The fourth-order valence-corrected chi connectivity index (χ4v) is 1.75. The Morgan fingerprint density at radius 3 is 3.00 bits per heavy atom. The van der Waals surface area contributed by atoms with Crippen LogP contribution in [0.4, 0.5) is 0 Å². The molecule has 1 fully saturated rings. The molecule has 2 atom stereocenters. The van der Waals surface area contributed by atoms with Gasteiger partial charge in [0, 0.05) is 39.0 Å². The minimum Gasteiger partial charge on any atom is -0.385 e. The van der Waals surface area contributed by atoms with Gasteiger partial charge in [-0.05, 0) is 19.9 Å². The van der Waals surface area contributed by atoms with E-state index in [1.807, 2.05) is 0 Å². The van der Waals surface area contributed by atoms with Crippen LogP contribution in [0.15, 0.2) is 0 Å². The molecule has 0 saturated carbocycles. The number of ether oxygens (including phenoxy) is 2. The minimum absolute atomic E-state index is 0.209. The number of hydrogen-bond acceptors (Lipinski definition) is 4. The van der Waals surface area contributed by atoms with Gasteiger partial charge in [-0.2, -0.15) is 0 Å². The number of nitrogens with two attached hydrogens (primary N) is 1. The zero-order valence-corrected chi connectivity index (χ0v) is 9.24. The molecule has 0 radical (unpaired) electrons. The minimum atomic E-state index is 0.209. The molecule has 2 unspecified atom stereocenters. The molecule has 0 bridgehead atoms. The van der Waals surface area contributed by atoms with Crippen molar-refractivity contribution in [2.75, 3.05) is 40.5 Å². The van der Waals surface area contributed by atoms with Gasteiger partial charge in [0.2, 0.25) is 0 Å². The molecule has 4 heteroatoms. The Morgan fingerprint density at radius 2 is 2.43 bits per heavy atom. The lowest BCUT2D eigenvalue weighted by atomic mass is 10.1. The van der Waals surface area contributed by atoms with Crippen molar-refractivity contribution in [2.45, 2.75) is 24.9 Å². The highest BCUT2D eigenvalue weighted by Crippen LogP contribution is 2.10. The van der Waals surface area contributed by atoms with Gasteiger partial charge in [-0.25, -0.2) is 0 Å². The van der Waals surface area contributed by atoms with Crippen molar-refractivity contribution in [3.05, 3.63) is 0 Å². The topological polar surface area (TPSA) is 47.7 Å². The Hall–Kier alpha value is -0.160. The lowest BCUT2D eigenvalue weighted by Gasteiger charge is -2.25. The summed E-state index contributed by atoms with van der Waals surface area (Å²) in [5.41, 5.74) is 5.97. The van der Waals surface area contributed by atoms with Gasteiger partial charge in [-0.3, -0.25) is 4.90 Å². The molecule has 1 aliphatic heterocycles. The van der Waals surface area contributed by atoms with Crippen molar-refractivity contribution in [1.82, 2.24) is 4.90 Å². The summed E-state index contributed by atoms with van der Waals surface area (Å²) in [6.07, 6.45) is 2.06. The normalized spacial score (nSPS) is 24.4. The molecule has 0 aromatic carbocycles. The predicted octanol–water partition coefficient (Wildman–Crippen LogP) is 0.0709. The maximum Gasteiger partial charge on any atom is 0.0622 e. The summed E-state index contributed by atoms with van der Waals surface area (Å²) in [4.78, 5) is 2.30. The Labute approximate surface area is 86.3 Å². The molecule has 1 heterocycles. The van der Waals surface area contributed by atoms with E-state index in [4.69, 9.17) is 15.2 Å². The maximum atomic E-state index is 5.97. The molecule has 4 nitrogen and oxygen atoms in total. The average molecular weight is 202 g/mol. The van der Waals surface area contributed by atoms with Crippen LogP contribution in [0, 0.1) is 0 Å². The van der Waals surface area contributed by atoms with Gasteiger partial charge < -0.3 is 15.2 Å². The highest BCUT2D eigenvalue weighted by Gasteiger charge is 2.21. The van der Waals surface area contributed by atoms with Gasteiger partial charge in [0.25, 0.3) is 0 Å². The second-order valence-electron chi connectivity index (χ2n) is 4.00. The Morgan fingerprint density at radius 1 is 1.64 bits per heavy atom. The lowest BCUT2D eigenvalue weighted by molar-refractivity contribution is 0.146. The van der Waals surface area contributed by atoms with Crippen LogP contribution in [0.5, 0.6) is 0 Å². The predicted molar refractivity (Wildman–Crippen MR) is 56.3 cm³/mol. The molecule has 1 aliphatic rings. The standard InChI is InChI=1S/C10H22N2O2/c1-12(10-4-6-14-8-10)7-9(11)3-5-13-2/h9-10H,3-8,11H2,1-2H3. The first-order valence-corrected chi connectivity index (χ1v) is 5.26. The maximum absolute atomic E-state index is 5.97. The smallest absolute Gasteiger partial charge is 0.0622 e. The van der Waals surface area contributed by atoms with E-state index in [0.29, 0.717) is 6.04 Å². The molecule has 1 saturated heterocycles. The molecule has 0 spiro atoms. The Bertz CT molecular complexity index is 149. The van der Waals surface area contributed by atoms with E-state index in [1.165, 1.54) is 0 Å². The Kier molecular flexibility index (Phi) is 5.40. The van der Waals surface area contributed by atoms with Crippen LogP contribution in [0.2, 0.25) is 0 Å². The van der Waals surface area contributed by atoms with Crippen molar-refractivity contribution in [2.24, 2.45) is 5.73 Å². The number of methoxy groups -OCH3 is 1. The average Bonchev–Trinajstić information content (AvgIpc) is 2.67. The van der Waals surface area contributed by atoms with E-state index in [1.54, 1.807) is 7.11 Å². The largest absolute Gasteiger partial charge is 0.385 e. The summed E-state index contributed by atoms with van der Waals surface area (Å²) in [5.74, 6) is 0. The molecular formula is C10H22N2O2. The van der Waals surface area contributed by atoms with Crippen LogP contribution >= 0.6 is 0 Å². The third kappa shape index (κ3) is 3.92. The second kappa shape index (κ2) is 6.35. The SMILES string of the molecule is COCCC(N)CN(C)C1CCOC1. The Balaban J connectivity index is 2.14. The number of hydrogen-bond donors (Lipinski definition) is 1. The van der Waals surface area contributed by atoms with Crippen molar-refractivity contribution in [3.63, 3.8) is 0 Å². The van der Waals surface area contributed by atoms with Crippen molar-refractivity contribution in [1.29, 1.82) is 0 Å². The molecule has 0 aliphatic carbocycles. The van der Waals surface area contributed by atoms with Crippen LogP contribution in [0.3, 0.4) is 0 Å². The monoisotopic (exact) mass is 202 g/mol. The van der Waals surface area contributed by atoms with Crippen LogP contribution in [-0.2, 0) is 9.47 Å². The van der Waals surface area contributed by atoms with Crippen molar-refractivity contribution >= 4 is 0 Å². The molecule has 0 amide bonds. The zero-order chi connectivity index (χ0) is 10.4. The molecule has 1 rings (SSSR count). The van der Waals surface area contributed by atoms with Gasteiger partial charge in [0.05, 0.1) is 6.61 Å². The van der Waals surface area contributed by atoms with E-state index >= 15 is 0 Å². The zero-order valence-electron chi connectivity index (χ0n) is 9.24. The summed E-state index contributed by atoms with van der Waals surface area (Å²) < 4.78 is 10.3. The van der Waals surface area contributed by atoms with E-state index in [0.717, 1.165) is 39.2 Å². The molecule has 2 N–H and O–H groups in total. The van der Waals surface area contributed by atoms with Crippen molar-refractivity contribution in [3.8, 4) is 0 Å². The summed E-state index contributed by atoms with van der Waals surface area (Å²) in [6.45, 7) is 3.42. The molecule has 0 aromatic rings. The number of nitrogens with zero attached hydrogens (tertiary/aromatic N) is 1. The van der Waals surface area contributed by atoms with E-state index in [9.17, 15) is 0 Å². The fraction of sp³-hybridized carbons (Fsp3) is 1.00. The van der Waals surface area contributed by atoms with E-state index in [2.05, 4.69) is 11.9 Å². The van der Waals surface area contributed by atoms with Gasteiger partial charge in [0.1, 0.15) is 0 Å². The summed E-state index contributed by atoms with van der Waals surface area (Å²) in [7, 11) is 3.83. The van der Waals surface area contributed by atoms with Gasteiger partial charge in [-0.15, -0.1) is 0 Å². The third-order valence-corrected chi connectivity index (χ3v) is 2.74. The third-order valence-electron chi connectivity index (χ3n) is 2.74. The first-order valence-electron chi connectivity index (χ1n) is 5.26. The highest BCUT2D eigenvalue weighted by atomic mass is 16.5. The quantitative estimate of drug-likeness (QED) is 0.662. The first kappa shape index (κ1) is 11.9. The molecular weight excluding hydrogens is 180 g/mol. The van der Waals surface area contributed by atoms with Crippen molar-refractivity contribution < 1.29 is 9.47 Å². The summed E-state index contributed by atoms with van der Waals surface area (Å²) in [6, 6.07) is 0.768. The van der Waals surface area contributed by atoms with E-state index < -0.39 is 0 Å². The summed E-state index contributed by atoms with van der Waals surface area (Å²) in [5, 5.41) is 0. The number of rotatable bonds is 6. The number of likely N-dealkylation sites (N-methyl/N-ethyl adjacent to an activating group) is 1. The molecule has 14 heavy (non-hydrogen) atoms. The van der Waals surface area contributed by atoms with Gasteiger partial charge in [0.15, 0.2) is 0 Å². The van der Waals surface area contributed by atoms with Crippen LogP contribution in [0.25, 0.3) is 0 Å². The molecule has 0 aromatic heterocycles. The molecule has 84 valence electrons. The van der Waals surface area contributed by atoms with Crippen LogP contribution in [-0.4, -0.2) is 57.5 Å². The first-order chi connectivity index (χ1) is 6.74. The fourth-order valence-electron chi connectivity index (χ4n) is 1.75. The van der Waals surface area contributed by atoms with Crippen LogP contribution < -0.4 is 5.73 Å².